The van der Waals surface area contributed by atoms with Crippen LogP contribution < -0.4 is 23.7 Å². The van der Waals surface area contributed by atoms with Gasteiger partial charge in [0.1, 0.15) is 25.4 Å². The minimum atomic E-state index is 0.157. The minimum Gasteiger partial charge on any atom is -0.493 e. The van der Waals surface area contributed by atoms with E-state index in [1.807, 2.05) is 36.4 Å². The molecular weight excluding hydrogens is 400 g/mol. The molecule has 0 aliphatic carbocycles. The van der Waals surface area contributed by atoms with Gasteiger partial charge in [-0.15, -0.1) is 0 Å². The number of rotatable bonds is 12. The van der Waals surface area contributed by atoms with Crippen LogP contribution in [0, 0.1) is 0 Å². The zero-order valence-corrected chi connectivity index (χ0v) is 18.1. The van der Waals surface area contributed by atoms with Crippen molar-refractivity contribution >= 4 is 6.08 Å². The minimum absolute atomic E-state index is 0.157. The summed E-state index contributed by atoms with van der Waals surface area (Å²) in [5.41, 5.74) is 2.08. The van der Waals surface area contributed by atoms with Crippen molar-refractivity contribution in [2.45, 2.75) is 18.6 Å². The monoisotopic (exact) mass is 428 g/mol. The van der Waals surface area contributed by atoms with Crippen LogP contribution in [0.2, 0.25) is 0 Å². The number of hydrogen-bond acceptors (Lipinski definition) is 7. The number of benzene rings is 2. The van der Waals surface area contributed by atoms with Crippen molar-refractivity contribution in [3.8, 4) is 28.7 Å². The largest absolute Gasteiger partial charge is 0.493 e. The van der Waals surface area contributed by atoms with Gasteiger partial charge in [-0.25, -0.2) is 0 Å². The molecule has 7 heteroatoms. The smallest absolute Gasteiger partial charge is 0.203 e. The van der Waals surface area contributed by atoms with Gasteiger partial charge in [-0.3, -0.25) is 0 Å². The summed E-state index contributed by atoms with van der Waals surface area (Å²) in [5.74, 6) is 3.29. The average molecular weight is 428 g/mol. The summed E-state index contributed by atoms with van der Waals surface area (Å²) in [4.78, 5) is 0. The molecule has 166 valence electrons. The molecule has 0 saturated carbocycles. The number of allylic oxidation sites excluding steroid dienone is 1. The van der Waals surface area contributed by atoms with Gasteiger partial charge in [0.25, 0.3) is 0 Å². The molecule has 2 heterocycles. The lowest BCUT2D eigenvalue weighted by Gasteiger charge is -2.15. The molecule has 0 N–H and O–H groups in total. The number of epoxide rings is 2. The first-order valence-corrected chi connectivity index (χ1v) is 10.3. The van der Waals surface area contributed by atoms with E-state index >= 15 is 0 Å². The van der Waals surface area contributed by atoms with E-state index < -0.39 is 0 Å². The van der Waals surface area contributed by atoms with Gasteiger partial charge in [0, 0.05) is 0 Å². The quantitative estimate of drug-likeness (QED) is 0.479. The van der Waals surface area contributed by atoms with Crippen molar-refractivity contribution < 1.29 is 33.2 Å². The first kappa shape index (κ1) is 21.3. The summed E-state index contributed by atoms with van der Waals surface area (Å²) in [6, 6.07) is 9.82. The van der Waals surface area contributed by atoms with Crippen molar-refractivity contribution in [3.63, 3.8) is 0 Å². The first-order valence-electron chi connectivity index (χ1n) is 10.3. The van der Waals surface area contributed by atoms with Gasteiger partial charge < -0.3 is 33.2 Å². The highest BCUT2D eigenvalue weighted by Crippen LogP contribution is 2.39. The van der Waals surface area contributed by atoms with Crippen LogP contribution in [0.25, 0.3) is 6.08 Å². The van der Waals surface area contributed by atoms with Crippen LogP contribution in [0.1, 0.15) is 11.1 Å². The summed E-state index contributed by atoms with van der Waals surface area (Å²) < 4.78 is 38.5. The van der Waals surface area contributed by atoms with Crippen molar-refractivity contribution in [1.29, 1.82) is 0 Å². The fraction of sp³-hybridized carbons (Fsp3) is 0.417. The van der Waals surface area contributed by atoms with Gasteiger partial charge in [-0.05, 0) is 41.8 Å². The number of methoxy groups -OCH3 is 3. The molecule has 7 nitrogen and oxygen atoms in total. The lowest BCUT2D eigenvalue weighted by atomic mass is 10.1. The Morgan fingerprint density at radius 2 is 1.42 bits per heavy atom. The van der Waals surface area contributed by atoms with E-state index in [1.165, 1.54) is 0 Å². The highest BCUT2D eigenvalue weighted by atomic mass is 16.6. The van der Waals surface area contributed by atoms with Crippen molar-refractivity contribution in [3.05, 3.63) is 47.5 Å². The standard InChI is InChI=1S/C24H28O7/c1-25-21-9-16(7-8-20(21)30-14-18-12-28-18)5-4-6-17-10-22(26-2)24(23(11-17)27-3)31-15-19-13-29-19/h4,6-11,18-19H,5,12-15H2,1-3H3. The van der Waals surface area contributed by atoms with Crippen LogP contribution in [0.4, 0.5) is 0 Å². The summed E-state index contributed by atoms with van der Waals surface area (Å²) in [6.07, 6.45) is 5.22. The van der Waals surface area contributed by atoms with Crippen molar-refractivity contribution in [2.24, 2.45) is 0 Å². The first-order chi connectivity index (χ1) is 15.2. The molecule has 2 fully saturated rings. The van der Waals surface area contributed by atoms with E-state index in [4.69, 9.17) is 33.2 Å². The summed E-state index contributed by atoms with van der Waals surface area (Å²) in [7, 11) is 4.88. The highest BCUT2D eigenvalue weighted by Gasteiger charge is 2.25. The fourth-order valence-electron chi connectivity index (χ4n) is 3.12. The predicted molar refractivity (Wildman–Crippen MR) is 116 cm³/mol. The van der Waals surface area contributed by atoms with Gasteiger partial charge in [-0.2, -0.15) is 0 Å². The fourth-order valence-corrected chi connectivity index (χ4v) is 3.12. The van der Waals surface area contributed by atoms with Gasteiger partial charge >= 0.3 is 0 Å². The zero-order valence-electron chi connectivity index (χ0n) is 18.1. The molecular formula is C24H28O7. The molecule has 31 heavy (non-hydrogen) atoms. The molecule has 2 aromatic rings. The lowest BCUT2D eigenvalue weighted by Crippen LogP contribution is -2.06. The van der Waals surface area contributed by atoms with Gasteiger partial charge in [0.15, 0.2) is 23.0 Å². The predicted octanol–water partition coefficient (Wildman–Crippen LogP) is 3.52. The Kier molecular flexibility index (Phi) is 6.84. The van der Waals surface area contributed by atoms with E-state index in [9.17, 15) is 0 Å². The zero-order chi connectivity index (χ0) is 21.6. The Balaban J connectivity index is 1.42. The molecule has 2 aliphatic heterocycles. The maximum absolute atomic E-state index is 5.85. The molecule has 2 aliphatic rings. The average Bonchev–Trinajstić information content (AvgIpc) is 3.71. The summed E-state index contributed by atoms with van der Waals surface area (Å²) in [5, 5.41) is 0. The highest BCUT2D eigenvalue weighted by molar-refractivity contribution is 5.62. The summed E-state index contributed by atoms with van der Waals surface area (Å²) in [6.45, 7) is 2.53. The van der Waals surface area contributed by atoms with Crippen LogP contribution in [0.5, 0.6) is 28.7 Å². The molecule has 2 aromatic carbocycles. The van der Waals surface area contributed by atoms with Crippen LogP contribution >= 0.6 is 0 Å². The van der Waals surface area contributed by atoms with E-state index in [1.54, 1.807) is 21.3 Å². The molecule has 0 aromatic heterocycles. The second-order valence-corrected chi connectivity index (χ2v) is 7.38. The topological polar surface area (TPSA) is 71.2 Å². The van der Waals surface area contributed by atoms with E-state index in [-0.39, 0.29) is 12.2 Å². The number of hydrogen-bond donors (Lipinski definition) is 0. The van der Waals surface area contributed by atoms with Crippen LogP contribution in [0.3, 0.4) is 0 Å². The molecule has 0 spiro atoms. The van der Waals surface area contributed by atoms with Crippen LogP contribution in [-0.4, -0.2) is 60.0 Å². The Bertz CT molecular complexity index is 891. The molecule has 2 atom stereocenters. The molecule has 0 amide bonds. The van der Waals surface area contributed by atoms with Gasteiger partial charge in [0.2, 0.25) is 5.75 Å². The van der Waals surface area contributed by atoms with E-state index in [2.05, 4.69) is 6.08 Å². The second-order valence-electron chi connectivity index (χ2n) is 7.38. The molecule has 2 unspecified atom stereocenters. The Hall–Kier alpha value is -2.90. The van der Waals surface area contributed by atoms with Crippen molar-refractivity contribution in [1.82, 2.24) is 0 Å². The summed E-state index contributed by atoms with van der Waals surface area (Å²) >= 11 is 0. The van der Waals surface area contributed by atoms with E-state index in [0.29, 0.717) is 30.5 Å². The Morgan fingerprint density at radius 3 is 2.00 bits per heavy atom. The van der Waals surface area contributed by atoms with Gasteiger partial charge in [0.05, 0.1) is 34.5 Å². The molecule has 4 rings (SSSR count). The Morgan fingerprint density at radius 1 is 0.806 bits per heavy atom. The Labute approximate surface area is 182 Å². The van der Waals surface area contributed by atoms with Crippen molar-refractivity contribution in [2.75, 3.05) is 47.8 Å². The third kappa shape index (κ3) is 5.83. The van der Waals surface area contributed by atoms with Crippen LogP contribution in [0.15, 0.2) is 36.4 Å². The molecule has 0 radical (unpaired) electrons. The normalized spacial score (nSPS) is 19.2. The SMILES string of the molecule is COc1cc(CC=Cc2cc(OC)c(OCC3CO3)c(OC)c2)ccc1OCC1CO1. The van der Waals surface area contributed by atoms with Crippen LogP contribution in [-0.2, 0) is 15.9 Å². The molecule has 2 saturated heterocycles. The third-order valence-electron chi connectivity index (χ3n) is 5.02. The maximum atomic E-state index is 5.85. The second kappa shape index (κ2) is 9.94. The van der Waals surface area contributed by atoms with Gasteiger partial charge in [-0.1, -0.05) is 18.2 Å². The number of ether oxygens (including phenoxy) is 7. The molecule has 0 bridgehead atoms. The third-order valence-corrected chi connectivity index (χ3v) is 5.02. The maximum Gasteiger partial charge on any atom is 0.203 e. The lowest BCUT2D eigenvalue weighted by molar-refractivity contribution is 0.241. The van der Waals surface area contributed by atoms with E-state index in [0.717, 1.165) is 42.3 Å².